The molecule has 1 aromatic carbocycles. The highest BCUT2D eigenvalue weighted by atomic mass is 19.1. The molecule has 1 aliphatic heterocycles. The largest absolute Gasteiger partial charge is 0.394 e. The zero-order valence-electron chi connectivity index (χ0n) is 11.7. The summed E-state index contributed by atoms with van der Waals surface area (Å²) in [6.07, 6.45) is 1.71. The van der Waals surface area contributed by atoms with Gasteiger partial charge in [-0.1, -0.05) is 18.2 Å². The molecule has 0 spiro atoms. The second-order valence-electron chi connectivity index (χ2n) is 5.31. The summed E-state index contributed by atoms with van der Waals surface area (Å²) in [5, 5.41) is 11.8. The lowest BCUT2D eigenvalue weighted by molar-refractivity contribution is -0.126. The van der Waals surface area contributed by atoms with Gasteiger partial charge < -0.3 is 10.4 Å². The van der Waals surface area contributed by atoms with Gasteiger partial charge in [0.25, 0.3) is 0 Å². The number of aliphatic hydroxyl groups is 1. The van der Waals surface area contributed by atoms with Crippen LogP contribution in [0.4, 0.5) is 4.39 Å². The van der Waals surface area contributed by atoms with E-state index in [1.807, 2.05) is 4.90 Å². The van der Waals surface area contributed by atoms with Crippen LogP contribution in [0.1, 0.15) is 25.3 Å². The van der Waals surface area contributed by atoms with Crippen molar-refractivity contribution < 1.29 is 14.3 Å². The van der Waals surface area contributed by atoms with Gasteiger partial charge in [0, 0.05) is 18.2 Å². The first-order chi connectivity index (χ1) is 9.61. The normalized spacial score (nSPS) is 20.9. The summed E-state index contributed by atoms with van der Waals surface area (Å²) in [5.74, 6) is -0.317. The SMILES string of the molecule is CC(CO)NC(=O)C1CCCN1Cc1ccccc1F. The van der Waals surface area contributed by atoms with Crippen LogP contribution in [0.2, 0.25) is 0 Å². The fourth-order valence-electron chi connectivity index (χ4n) is 2.54. The Labute approximate surface area is 118 Å². The maximum atomic E-state index is 13.7. The number of hydrogen-bond acceptors (Lipinski definition) is 3. The number of rotatable bonds is 5. The van der Waals surface area contributed by atoms with E-state index in [1.165, 1.54) is 6.07 Å². The Kier molecular flexibility index (Phi) is 5.09. The molecule has 2 atom stereocenters. The number of likely N-dealkylation sites (tertiary alicyclic amines) is 1. The molecule has 2 rings (SSSR count). The molecule has 4 nitrogen and oxygen atoms in total. The summed E-state index contributed by atoms with van der Waals surface area (Å²) in [4.78, 5) is 14.1. The Morgan fingerprint density at radius 3 is 3.00 bits per heavy atom. The van der Waals surface area contributed by atoms with Crippen molar-refractivity contribution in [3.63, 3.8) is 0 Å². The summed E-state index contributed by atoms with van der Waals surface area (Å²) in [7, 11) is 0. The summed E-state index contributed by atoms with van der Waals surface area (Å²) in [6.45, 7) is 2.91. The Hall–Kier alpha value is -1.46. The van der Waals surface area contributed by atoms with E-state index in [0.29, 0.717) is 12.1 Å². The number of nitrogens with zero attached hydrogens (tertiary/aromatic N) is 1. The zero-order valence-corrected chi connectivity index (χ0v) is 11.7. The van der Waals surface area contributed by atoms with E-state index in [-0.39, 0.29) is 30.4 Å². The second kappa shape index (κ2) is 6.81. The van der Waals surface area contributed by atoms with Gasteiger partial charge in [-0.3, -0.25) is 9.69 Å². The maximum absolute atomic E-state index is 13.7. The minimum Gasteiger partial charge on any atom is -0.394 e. The molecule has 2 unspecified atom stereocenters. The summed E-state index contributed by atoms with van der Waals surface area (Å²) >= 11 is 0. The Bertz CT molecular complexity index is 467. The predicted molar refractivity (Wildman–Crippen MR) is 74.5 cm³/mol. The van der Waals surface area contributed by atoms with Crippen molar-refractivity contribution in [1.29, 1.82) is 0 Å². The summed E-state index contributed by atoms with van der Waals surface area (Å²) < 4.78 is 13.7. The predicted octanol–water partition coefficient (Wildman–Crippen LogP) is 1.29. The lowest BCUT2D eigenvalue weighted by Gasteiger charge is -2.25. The summed E-state index contributed by atoms with van der Waals surface area (Å²) in [6, 6.07) is 6.17. The molecule has 1 aliphatic rings. The topological polar surface area (TPSA) is 52.6 Å². The molecular weight excluding hydrogens is 259 g/mol. The van der Waals surface area contributed by atoms with E-state index in [1.54, 1.807) is 25.1 Å². The number of nitrogens with one attached hydrogen (secondary N) is 1. The second-order valence-corrected chi connectivity index (χ2v) is 5.31. The van der Waals surface area contributed by atoms with Crippen molar-refractivity contribution in [3.05, 3.63) is 35.6 Å². The first-order valence-electron chi connectivity index (χ1n) is 7.00. The molecule has 2 N–H and O–H groups in total. The Balaban J connectivity index is 2.00. The van der Waals surface area contributed by atoms with Crippen LogP contribution in [0.5, 0.6) is 0 Å². The van der Waals surface area contributed by atoms with Crippen LogP contribution in [-0.4, -0.2) is 41.1 Å². The molecule has 0 saturated carbocycles. The third-order valence-corrected chi connectivity index (χ3v) is 3.66. The number of amides is 1. The highest BCUT2D eigenvalue weighted by molar-refractivity contribution is 5.82. The fourth-order valence-corrected chi connectivity index (χ4v) is 2.54. The van der Waals surface area contributed by atoms with Crippen molar-refractivity contribution in [3.8, 4) is 0 Å². The van der Waals surface area contributed by atoms with Gasteiger partial charge in [0.1, 0.15) is 5.82 Å². The lowest BCUT2D eigenvalue weighted by atomic mass is 10.1. The van der Waals surface area contributed by atoms with Crippen LogP contribution in [0.25, 0.3) is 0 Å². The van der Waals surface area contributed by atoms with Crippen molar-refractivity contribution in [2.24, 2.45) is 0 Å². The number of carbonyl (C=O) groups is 1. The van der Waals surface area contributed by atoms with E-state index in [2.05, 4.69) is 5.32 Å². The van der Waals surface area contributed by atoms with Crippen molar-refractivity contribution >= 4 is 5.91 Å². The zero-order chi connectivity index (χ0) is 14.5. The molecule has 1 fully saturated rings. The van der Waals surface area contributed by atoms with Crippen molar-refractivity contribution in [2.75, 3.05) is 13.2 Å². The van der Waals surface area contributed by atoms with E-state index < -0.39 is 0 Å². The fraction of sp³-hybridized carbons (Fsp3) is 0.533. The third kappa shape index (κ3) is 3.55. The Morgan fingerprint density at radius 1 is 1.55 bits per heavy atom. The van der Waals surface area contributed by atoms with E-state index in [0.717, 1.165) is 19.4 Å². The standard InChI is InChI=1S/C15H21FN2O2/c1-11(10-19)17-15(20)14-7-4-8-18(14)9-12-5-2-3-6-13(12)16/h2-3,5-6,11,14,19H,4,7-10H2,1H3,(H,17,20). The minimum atomic E-state index is -0.251. The van der Waals surface area contributed by atoms with Gasteiger partial charge in [-0.2, -0.15) is 0 Å². The number of aliphatic hydroxyl groups excluding tert-OH is 1. The molecule has 0 aliphatic carbocycles. The van der Waals surface area contributed by atoms with E-state index in [4.69, 9.17) is 5.11 Å². The average molecular weight is 280 g/mol. The number of benzene rings is 1. The van der Waals surface area contributed by atoms with Gasteiger partial charge in [-0.05, 0) is 32.4 Å². The van der Waals surface area contributed by atoms with Crippen LogP contribution in [0.15, 0.2) is 24.3 Å². The van der Waals surface area contributed by atoms with Gasteiger partial charge >= 0.3 is 0 Å². The highest BCUT2D eigenvalue weighted by Gasteiger charge is 2.31. The smallest absolute Gasteiger partial charge is 0.237 e. The van der Waals surface area contributed by atoms with Gasteiger partial charge in [-0.15, -0.1) is 0 Å². The van der Waals surface area contributed by atoms with Gasteiger partial charge in [-0.25, -0.2) is 4.39 Å². The highest BCUT2D eigenvalue weighted by Crippen LogP contribution is 2.21. The van der Waals surface area contributed by atoms with E-state index in [9.17, 15) is 9.18 Å². The quantitative estimate of drug-likeness (QED) is 0.854. The Morgan fingerprint density at radius 2 is 2.30 bits per heavy atom. The molecule has 1 saturated heterocycles. The van der Waals surface area contributed by atoms with Crippen molar-refractivity contribution in [1.82, 2.24) is 10.2 Å². The number of halogens is 1. The molecule has 20 heavy (non-hydrogen) atoms. The maximum Gasteiger partial charge on any atom is 0.237 e. The van der Waals surface area contributed by atoms with Crippen molar-refractivity contribution in [2.45, 2.75) is 38.4 Å². The van der Waals surface area contributed by atoms with Crippen LogP contribution in [-0.2, 0) is 11.3 Å². The number of hydrogen-bond donors (Lipinski definition) is 2. The van der Waals surface area contributed by atoms with Crippen LogP contribution in [0, 0.1) is 5.82 Å². The molecule has 5 heteroatoms. The molecule has 0 radical (unpaired) electrons. The lowest BCUT2D eigenvalue weighted by Crippen LogP contribution is -2.46. The molecule has 1 aromatic rings. The number of carbonyl (C=O) groups excluding carboxylic acids is 1. The van der Waals surface area contributed by atoms with Gasteiger partial charge in [0.15, 0.2) is 0 Å². The van der Waals surface area contributed by atoms with Gasteiger partial charge in [0.05, 0.1) is 12.6 Å². The average Bonchev–Trinajstić information content (AvgIpc) is 2.89. The van der Waals surface area contributed by atoms with Crippen LogP contribution in [0.3, 0.4) is 0 Å². The molecule has 1 heterocycles. The third-order valence-electron chi connectivity index (χ3n) is 3.66. The van der Waals surface area contributed by atoms with Gasteiger partial charge in [0.2, 0.25) is 5.91 Å². The van der Waals surface area contributed by atoms with Crippen LogP contribution < -0.4 is 5.32 Å². The molecular formula is C15H21FN2O2. The first-order valence-corrected chi connectivity index (χ1v) is 7.00. The minimum absolute atomic E-state index is 0.0776. The first kappa shape index (κ1) is 14.9. The molecule has 0 bridgehead atoms. The summed E-state index contributed by atoms with van der Waals surface area (Å²) in [5.41, 5.74) is 0.613. The molecule has 110 valence electrons. The van der Waals surface area contributed by atoms with Crippen LogP contribution >= 0.6 is 0 Å². The molecule has 0 aromatic heterocycles. The van der Waals surface area contributed by atoms with E-state index >= 15 is 0 Å². The molecule has 1 amide bonds. The monoisotopic (exact) mass is 280 g/mol.